The first-order valence-corrected chi connectivity index (χ1v) is 7.73. The number of rotatable bonds is 2. The van der Waals surface area contributed by atoms with Crippen molar-refractivity contribution in [2.75, 3.05) is 26.3 Å². The van der Waals surface area contributed by atoms with Crippen LogP contribution in [0.15, 0.2) is 11.4 Å². The average molecular weight is 266 g/mol. The summed E-state index contributed by atoms with van der Waals surface area (Å²) in [5, 5.41) is 2.22. The second-order valence-corrected chi connectivity index (χ2v) is 6.67. The van der Waals surface area contributed by atoms with Crippen molar-refractivity contribution >= 4 is 11.3 Å². The Morgan fingerprint density at radius 2 is 2.28 bits per heavy atom. The van der Waals surface area contributed by atoms with Crippen LogP contribution in [0, 0.1) is 0 Å². The predicted octanol–water partition coefficient (Wildman–Crippen LogP) is 2.18. The van der Waals surface area contributed by atoms with Gasteiger partial charge in [-0.3, -0.25) is 4.90 Å². The Balaban J connectivity index is 1.71. The van der Waals surface area contributed by atoms with Crippen molar-refractivity contribution in [2.45, 2.75) is 37.8 Å². The monoisotopic (exact) mass is 266 g/mol. The minimum atomic E-state index is -0.0416. The van der Waals surface area contributed by atoms with Crippen molar-refractivity contribution in [2.24, 2.45) is 5.73 Å². The second-order valence-electron chi connectivity index (χ2n) is 5.67. The first-order valence-electron chi connectivity index (χ1n) is 6.85. The second kappa shape index (κ2) is 4.93. The lowest BCUT2D eigenvalue weighted by molar-refractivity contribution is 0.0301. The van der Waals surface area contributed by atoms with Crippen LogP contribution in [0.2, 0.25) is 0 Å². The van der Waals surface area contributed by atoms with E-state index in [4.69, 9.17) is 10.5 Å². The highest BCUT2D eigenvalue weighted by Gasteiger charge is 2.34. The van der Waals surface area contributed by atoms with Gasteiger partial charge >= 0.3 is 0 Å². The van der Waals surface area contributed by atoms with E-state index >= 15 is 0 Å². The third-order valence-electron chi connectivity index (χ3n) is 4.41. The highest BCUT2D eigenvalue weighted by molar-refractivity contribution is 7.10. The van der Waals surface area contributed by atoms with Gasteiger partial charge in [0.05, 0.1) is 0 Å². The quantitative estimate of drug-likeness (QED) is 0.891. The highest BCUT2D eigenvalue weighted by atomic mass is 32.1. The van der Waals surface area contributed by atoms with E-state index in [9.17, 15) is 0 Å². The van der Waals surface area contributed by atoms with Gasteiger partial charge in [-0.2, -0.15) is 0 Å². The Morgan fingerprint density at radius 3 is 3.06 bits per heavy atom. The summed E-state index contributed by atoms with van der Waals surface area (Å²) >= 11 is 1.90. The molecule has 3 nitrogen and oxygen atoms in total. The third kappa shape index (κ3) is 2.35. The molecule has 1 unspecified atom stereocenters. The van der Waals surface area contributed by atoms with Crippen LogP contribution < -0.4 is 5.73 Å². The van der Waals surface area contributed by atoms with Crippen molar-refractivity contribution in [3.05, 3.63) is 21.9 Å². The standard InChI is InChI=1S/C14H22N2OS/c1-11-12-3-9-18-13(12)2-6-16(11)10-14(15)4-7-17-8-5-14/h3,9,11H,2,4-8,10,15H2,1H3. The minimum absolute atomic E-state index is 0.0416. The van der Waals surface area contributed by atoms with Gasteiger partial charge in [0, 0.05) is 42.8 Å². The molecule has 1 saturated heterocycles. The Bertz CT molecular complexity index is 412. The van der Waals surface area contributed by atoms with Gasteiger partial charge in [0.1, 0.15) is 0 Å². The summed E-state index contributed by atoms with van der Waals surface area (Å²) in [6, 6.07) is 2.80. The zero-order chi connectivity index (χ0) is 12.6. The third-order valence-corrected chi connectivity index (χ3v) is 5.41. The van der Waals surface area contributed by atoms with E-state index in [2.05, 4.69) is 23.3 Å². The van der Waals surface area contributed by atoms with Crippen molar-refractivity contribution in [1.29, 1.82) is 0 Å². The molecule has 3 heterocycles. The van der Waals surface area contributed by atoms with E-state index in [1.54, 1.807) is 4.88 Å². The molecule has 1 fully saturated rings. The molecule has 4 heteroatoms. The van der Waals surface area contributed by atoms with Crippen molar-refractivity contribution < 1.29 is 4.74 Å². The maximum atomic E-state index is 6.53. The number of nitrogens with zero attached hydrogens (tertiary/aromatic N) is 1. The van der Waals surface area contributed by atoms with Crippen molar-refractivity contribution in [1.82, 2.24) is 4.90 Å². The van der Waals surface area contributed by atoms with Gasteiger partial charge in [-0.25, -0.2) is 0 Å². The molecule has 2 N–H and O–H groups in total. The van der Waals surface area contributed by atoms with Crippen LogP contribution in [0.5, 0.6) is 0 Å². The van der Waals surface area contributed by atoms with E-state index in [1.807, 2.05) is 11.3 Å². The summed E-state index contributed by atoms with van der Waals surface area (Å²) in [6.45, 7) is 6.11. The van der Waals surface area contributed by atoms with Crippen LogP contribution in [0.25, 0.3) is 0 Å². The molecule has 0 aromatic carbocycles. The Hall–Kier alpha value is -0.420. The van der Waals surface area contributed by atoms with Gasteiger partial charge in [-0.05, 0) is 43.2 Å². The molecule has 0 radical (unpaired) electrons. The van der Waals surface area contributed by atoms with Crippen LogP contribution in [-0.4, -0.2) is 36.7 Å². The Labute approximate surface area is 113 Å². The fourth-order valence-corrected chi connectivity index (χ4v) is 4.08. The Kier molecular flexibility index (Phi) is 3.45. The van der Waals surface area contributed by atoms with Crippen molar-refractivity contribution in [3.63, 3.8) is 0 Å². The predicted molar refractivity (Wildman–Crippen MR) is 75.0 cm³/mol. The number of fused-ring (bicyclic) bond motifs is 1. The van der Waals surface area contributed by atoms with E-state index < -0.39 is 0 Å². The van der Waals surface area contributed by atoms with Gasteiger partial charge < -0.3 is 10.5 Å². The summed E-state index contributed by atoms with van der Waals surface area (Å²) in [4.78, 5) is 4.12. The number of thiophene rings is 1. The zero-order valence-electron chi connectivity index (χ0n) is 11.0. The fourth-order valence-electron chi connectivity index (χ4n) is 3.12. The van der Waals surface area contributed by atoms with E-state index in [-0.39, 0.29) is 5.54 Å². The van der Waals surface area contributed by atoms with Gasteiger partial charge in [-0.15, -0.1) is 11.3 Å². The van der Waals surface area contributed by atoms with E-state index in [1.165, 1.54) is 12.0 Å². The summed E-state index contributed by atoms with van der Waals surface area (Å²) in [7, 11) is 0. The molecule has 3 rings (SSSR count). The molecular formula is C14H22N2OS. The van der Waals surface area contributed by atoms with Crippen LogP contribution in [0.1, 0.15) is 36.2 Å². The maximum Gasteiger partial charge on any atom is 0.0484 e. The van der Waals surface area contributed by atoms with Crippen LogP contribution in [-0.2, 0) is 11.2 Å². The molecule has 0 bridgehead atoms. The summed E-state index contributed by atoms with van der Waals surface area (Å²) in [5.41, 5.74) is 8.00. The molecule has 18 heavy (non-hydrogen) atoms. The van der Waals surface area contributed by atoms with Gasteiger partial charge in [0.2, 0.25) is 0 Å². The molecule has 0 spiro atoms. The molecule has 1 aromatic rings. The topological polar surface area (TPSA) is 38.5 Å². The first kappa shape index (κ1) is 12.6. The van der Waals surface area contributed by atoms with E-state index in [0.717, 1.165) is 39.1 Å². The summed E-state index contributed by atoms with van der Waals surface area (Å²) in [5.74, 6) is 0. The summed E-state index contributed by atoms with van der Waals surface area (Å²) < 4.78 is 5.43. The molecule has 2 aliphatic rings. The molecule has 0 amide bonds. The fraction of sp³-hybridized carbons (Fsp3) is 0.714. The SMILES string of the molecule is CC1c2ccsc2CCN1CC1(N)CCOCC1. The zero-order valence-corrected chi connectivity index (χ0v) is 11.8. The molecule has 2 aliphatic heterocycles. The highest BCUT2D eigenvalue weighted by Crippen LogP contribution is 2.34. The van der Waals surface area contributed by atoms with E-state index in [0.29, 0.717) is 6.04 Å². The lowest BCUT2D eigenvalue weighted by Crippen LogP contribution is -2.54. The lowest BCUT2D eigenvalue weighted by atomic mass is 9.89. The van der Waals surface area contributed by atoms with Crippen LogP contribution in [0.3, 0.4) is 0 Å². The van der Waals surface area contributed by atoms with Crippen molar-refractivity contribution in [3.8, 4) is 0 Å². The molecular weight excluding hydrogens is 244 g/mol. The average Bonchev–Trinajstić information content (AvgIpc) is 2.83. The number of nitrogens with two attached hydrogens (primary N) is 1. The largest absolute Gasteiger partial charge is 0.381 e. The van der Waals surface area contributed by atoms with Gasteiger partial charge in [0.15, 0.2) is 0 Å². The first-order chi connectivity index (χ1) is 8.68. The smallest absolute Gasteiger partial charge is 0.0484 e. The minimum Gasteiger partial charge on any atom is -0.381 e. The van der Waals surface area contributed by atoms with Gasteiger partial charge in [0.25, 0.3) is 0 Å². The number of hydrogen-bond acceptors (Lipinski definition) is 4. The molecule has 0 saturated carbocycles. The lowest BCUT2D eigenvalue weighted by Gasteiger charge is -2.42. The Morgan fingerprint density at radius 1 is 1.50 bits per heavy atom. The molecule has 1 aromatic heterocycles. The number of hydrogen-bond donors (Lipinski definition) is 1. The van der Waals surface area contributed by atoms with Crippen LogP contribution in [0.4, 0.5) is 0 Å². The molecule has 100 valence electrons. The summed E-state index contributed by atoms with van der Waals surface area (Å²) in [6.07, 6.45) is 3.17. The molecule has 0 aliphatic carbocycles. The number of ether oxygens (including phenoxy) is 1. The molecule has 1 atom stereocenters. The van der Waals surface area contributed by atoms with Crippen LogP contribution >= 0.6 is 11.3 Å². The van der Waals surface area contributed by atoms with Gasteiger partial charge in [-0.1, -0.05) is 0 Å². The normalized spacial score (nSPS) is 28.0. The maximum absolute atomic E-state index is 6.53.